The van der Waals surface area contributed by atoms with Gasteiger partial charge >= 0.3 is 0 Å². The highest BCUT2D eigenvalue weighted by Crippen LogP contribution is 2.14. The Balaban J connectivity index is 2.51. The van der Waals surface area contributed by atoms with Gasteiger partial charge in [-0.2, -0.15) is 0 Å². The van der Waals surface area contributed by atoms with Crippen LogP contribution in [0.15, 0.2) is 34.8 Å². The quantitative estimate of drug-likeness (QED) is 0.791. The van der Waals surface area contributed by atoms with E-state index in [0.29, 0.717) is 16.5 Å². The molecule has 0 aromatic heterocycles. The molecule has 0 saturated carbocycles. The van der Waals surface area contributed by atoms with Gasteiger partial charge in [-0.3, -0.25) is 0 Å². The van der Waals surface area contributed by atoms with Crippen molar-refractivity contribution in [1.29, 1.82) is 0 Å². The molecule has 0 radical (unpaired) electrons. The van der Waals surface area contributed by atoms with E-state index in [2.05, 4.69) is 0 Å². The van der Waals surface area contributed by atoms with Crippen molar-refractivity contribution in [1.82, 2.24) is 0 Å². The number of ether oxygens (including phenoxy) is 1. The van der Waals surface area contributed by atoms with Gasteiger partial charge in [0.2, 0.25) is 0 Å². The Kier molecular flexibility index (Phi) is 3.93. The third-order valence-corrected chi connectivity index (χ3v) is 1.97. The van der Waals surface area contributed by atoms with Crippen LogP contribution in [0, 0.1) is 0 Å². The summed E-state index contributed by atoms with van der Waals surface area (Å²) in [6.07, 6.45) is 0. The molecule has 0 saturated heterocycles. The highest BCUT2D eigenvalue weighted by Gasteiger charge is 1.94. The lowest BCUT2D eigenvalue weighted by atomic mass is 10.3. The number of hydrogen-bond acceptors (Lipinski definition) is 2. The summed E-state index contributed by atoms with van der Waals surface area (Å²) in [7, 11) is 0. The van der Waals surface area contributed by atoms with Gasteiger partial charge in [-0.05, 0) is 24.3 Å². The number of benzene rings is 1. The van der Waals surface area contributed by atoms with Gasteiger partial charge in [-0.25, -0.2) is 0 Å². The predicted octanol–water partition coefficient (Wildman–Crippen LogP) is 2.97. The molecular formula is C9H9Cl2NO. The summed E-state index contributed by atoms with van der Waals surface area (Å²) in [5.41, 5.74) is 7.47. The smallest absolute Gasteiger partial charge is 0.125 e. The number of hydrogen-bond donors (Lipinski definition) is 1. The maximum absolute atomic E-state index is 5.63. The van der Waals surface area contributed by atoms with E-state index in [1.165, 1.54) is 5.54 Å². The first-order valence-corrected chi connectivity index (χ1v) is 4.47. The molecule has 13 heavy (non-hydrogen) atoms. The van der Waals surface area contributed by atoms with Crippen molar-refractivity contribution in [3.05, 3.63) is 34.8 Å². The Hall–Kier alpha value is -0.860. The van der Waals surface area contributed by atoms with Crippen LogP contribution in [0.3, 0.4) is 0 Å². The van der Waals surface area contributed by atoms with Crippen molar-refractivity contribution in [2.24, 2.45) is 0 Å². The molecule has 0 bridgehead atoms. The van der Waals surface area contributed by atoms with E-state index in [1.807, 2.05) is 0 Å². The second-order valence-corrected chi connectivity index (χ2v) is 3.12. The molecule has 0 aliphatic heterocycles. The first-order chi connectivity index (χ1) is 6.22. The lowest BCUT2D eigenvalue weighted by Gasteiger charge is -2.04. The Labute approximate surface area is 86.9 Å². The van der Waals surface area contributed by atoms with Crippen molar-refractivity contribution >= 4 is 28.9 Å². The van der Waals surface area contributed by atoms with Crippen molar-refractivity contribution in [3.63, 3.8) is 0 Å². The first kappa shape index (κ1) is 10.2. The summed E-state index contributed by atoms with van der Waals surface area (Å²) < 4.78 is 5.27. The van der Waals surface area contributed by atoms with Gasteiger partial charge in [0.05, 0.1) is 5.03 Å². The van der Waals surface area contributed by atoms with E-state index >= 15 is 0 Å². The van der Waals surface area contributed by atoms with Crippen LogP contribution in [-0.4, -0.2) is 6.61 Å². The summed E-state index contributed by atoms with van der Waals surface area (Å²) >= 11 is 11.0. The fourth-order valence-corrected chi connectivity index (χ4v) is 0.865. The number of nitrogen functional groups attached to an aromatic ring is 1. The third-order valence-electron chi connectivity index (χ3n) is 1.38. The van der Waals surface area contributed by atoms with Crippen LogP contribution >= 0.6 is 23.2 Å². The second kappa shape index (κ2) is 5.00. The van der Waals surface area contributed by atoms with Crippen molar-refractivity contribution in [3.8, 4) is 5.75 Å². The van der Waals surface area contributed by atoms with E-state index in [4.69, 9.17) is 33.7 Å². The lowest BCUT2D eigenvalue weighted by molar-refractivity contribution is 0.359. The van der Waals surface area contributed by atoms with E-state index < -0.39 is 0 Å². The Morgan fingerprint density at radius 2 is 2.00 bits per heavy atom. The molecular weight excluding hydrogens is 209 g/mol. The minimum atomic E-state index is 0.273. The largest absolute Gasteiger partial charge is 0.488 e. The molecule has 2 N–H and O–H groups in total. The second-order valence-electron chi connectivity index (χ2n) is 2.41. The summed E-state index contributed by atoms with van der Waals surface area (Å²) in [6.45, 7) is 0.273. The van der Waals surface area contributed by atoms with Crippen LogP contribution in [0.2, 0.25) is 0 Å². The van der Waals surface area contributed by atoms with E-state index in [9.17, 15) is 0 Å². The van der Waals surface area contributed by atoms with Crippen molar-refractivity contribution < 1.29 is 4.74 Å². The molecule has 70 valence electrons. The van der Waals surface area contributed by atoms with Gasteiger partial charge in [0, 0.05) is 11.2 Å². The van der Waals surface area contributed by atoms with Gasteiger partial charge in [-0.1, -0.05) is 23.2 Å². The average molecular weight is 218 g/mol. The molecule has 0 heterocycles. The van der Waals surface area contributed by atoms with Gasteiger partial charge in [0.1, 0.15) is 12.4 Å². The molecule has 1 rings (SSSR count). The minimum absolute atomic E-state index is 0.273. The summed E-state index contributed by atoms with van der Waals surface area (Å²) in [4.78, 5) is 0. The maximum Gasteiger partial charge on any atom is 0.125 e. The Morgan fingerprint density at radius 3 is 2.54 bits per heavy atom. The normalized spacial score (nSPS) is 11.4. The van der Waals surface area contributed by atoms with Crippen LogP contribution < -0.4 is 10.5 Å². The SMILES string of the molecule is Nc1ccc(OCC(Cl)=CCl)cc1. The van der Waals surface area contributed by atoms with Gasteiger partial charge < -0.3 is 10.5 Å². The average Bonchev–Trinajstić information content (AvgIpc) is 2.16. The van der Waals surface area contributed by atoms with Crippen LogP contribution in [0.25, 0.3) is 0 Å². The van der Waals surface area contributed by atoms with E-state index in [1.54, 1.807) is 24.3 Å². The standard InChI is InChI=1S/C9H9Cl2NO/c10-5-7(11)6-13-9-3-1-8(12)2-4-9/h1-5H,6,12H2. The molecule has 0 aliphatic rings. The molecule has 0 unspecified atom stereocenters. The molecule has 0 atom stereocenters. The summed E-state index contributed by atoms with van der Waals surface area (Å²) in [5.74, 6) is 0.714. The van der Waals surface area contributed by atoms with Crippen LogP contribution in [-0.2, 0) is 0 Å². The number of halogens is 2. The fourth-order valence-electron chi connectivity index (χ4n) is 0.748. The van der Waals surface area contributed by atoms with Crippen molar-refractivity contribution in [2.45, 2.75) is 0 Å². The molecule has 1 aromatic carbocycles. The monoisotopic (exact) mass is 217 g/mol. The molecule has 0 amide bonds. The van der Waals surface area contributed by atoms with Crippen LogP contribution in [0.1, 0.15) is 0 Å². The topological polar surface area (TPSA) is 35.2 Å². The zero-order valence-electron chi connectivity index (χ0n) is 6.84. The zero-order chi connectivity index (χ0) is 9.68. The zero-order valence-corrected chi connectivity index (χ0v) is 8.35. The lowest BCUT2D eigenvalue weighted by Crippen LogP contribution is -1.96. The van der Waals surface area contributed by atoms with Gasteiger partial charge in [0.15, 0.2) is 0 Å². The van der Waals surface area contributed by atoms with Gasteiger partial charge in [-0.15, -0.1) is 0 Å². The number of rotatable bonds is 3. The van der Waals surface area contributed by atoms with Gasteiger partial charge in [0.25, 0.3) is 0 Å². The van der Waals surface area contributed by atoms with Crippen LogP contribution in [0.5, 0.6) is 5.75 Å². The highest BCUT2D eigenvalue weighted by molar-refractivity contribution is 6.36. The molecule has 4 heteroatoms. The molecule has 2 nitrogen and oxygen atoms in total. The fraction of sp³-hybridized carbons (Fsp3) is 0.111. The number of anilines is 1. The Morgan fingerprint density at radius 1 is 1.38 bits per heavy atom. The first-order valence-electron chi connectivity index (χ1n) is 3.65. The molecule has 0 spiro atoms. The van der Waals surface area contributed by atoms with E-state index in [0.717, 1.165) is 0 Å². The molecule has 0 aliphatic carbocycles. The van der Waals surface area contributed by atoms with E-state index in [-0.39, 0.29) is 6.61 Å². The number of nitrogens with two attached hydrogens (primary N) is 1. The predicted molar refractivity (Wildman–Crippen MR) is 56.1 cm³/mol. The maximum atomic E-state index is 5.63. The summed E-state index contributed by atoms with van der Waals surface area (Å²) in [6, 6.07) is 7.06. The molecule has 0 fully saturated rings. The van der Waals surface area contributed by atoms with Crippen LogP contribution in [0.4, 0.5) is 5.69 Å². The highest BCUT2D eigenvalue weighted by atomic mass is 35.5. The minimum Gasteiger partial charge on any atom is -0.488 e. The third kappa shape index (κ3) is 3.57. The molecule has 1 aromatic rings. The van der Waals surface area contributed by atoms with Crippen molar-refractivity contribution in [2.75, 3.05) is 12.3 Å². The Bertz CT molecular complexity index is 295. The summed E-state index contributed by atoms with van der Waals surface area (Å²) in [5, 5.41) is 0.457.